The Hall–Kier alpha value is -2.33. The van der Waals surface area contributed by atoms with Gasteiger partial charge >= 0.3 is 0 Å². The van der Waals surface area contributed by atoms with Crippen molar-refractivity contribution < 1.29 is 0 Å². The SMILES string of the molecule is CNc1nc2ccccc2n1C1CCN(C2(c3ccccc3)CCCCCC2)CC1. The van der Waals surface area contributed by atoms with Crippen LogP contribution in [-0.2, 0) is 5.54 Å². The summed E-state index contributed by atoms with van der Waals surface area (Å²) in [5, 5.41) is 3.34. The third-order valence-electron chi connectivity index (χ3n) is 7.50. The molecule has 4 heteroatoms. The third-order valence-corrected chi connectivity index (χ3v) is 7.50. The highest BCUT2D eigenvalue weighted by Gasteiger charge is 2.40. The van der Waals surface area contributed by atoms with Crippen molar-refractivity contribution >= 4 is 17.0 Å². The van der Waals surface area contributed by atoms with E-state index < -0.39 is 0 Å². The lowest BCUT2D eigenvalue weighted by molar-refractivity contribution is 0.0362. The molecule has 1 aromatic heterocycles. The zero-order valence-corrected chi connectivity index (χ0v) is 18.2. The first kappa shape index (κ1) is 19.6. The summed E-state index contributed by atoms with van der Waals surface area (Å²) in [5.41, 5.74) is 4.11. The van der Waals surface area contributed by atoms with E-state index >= 15 is 0 Å². The Morgan fingerprint density at radius 3 is 2.23 bits per heavy atom. The largest absolute Gasteiger partial charge is 0.359 e. The van der Waals surface area contributed by atoms with Crippen LogP contribution in [-0.4, -0.2) is 34.6 Å². The Morgan fingerprint density at radius 1 is 0.867 bits per heavy atom. The first-order valence-electron chi connectivity index (χ1n) is 11.8. The number of fused-ring (bicyclic) bond motifs is 1. The van der Waals surface area contributed by atoms with Crippen molar-refractivity contribution in [2.45, 2.75) is 62.9 Å². The van der Waals surface area contributed by atoms with Crippen molar-refractivity contribution in [3.8, 4) is 0 Å². The van der Waals surface area contributed by atoms with Crippen LogP contribution in [0.1, 0.15) is 63.0 Å². The molecule has 1 saturated carbocycles. The number of imidazole rings is 1. The van der Waals surface area contributed by atoms with Gasteiger partial charge in [-0.1, -0.05) is 68.1 Å². The molecule has 2 fully saturated rings. The number of aromatic nitrogens is 2. The topological polar surface area (TPSA) is 33.1 Å². The molecule has 0 bridgehead atoms. The van der Waals surface area contributed by atoms with Crippen LogP contribution in [0, 0.1) is 0 Å². The molecule has 0 radical (unpaired) electrons. The monoisotopic (exact) mass is 402 g/mol. The standard InChI is InChI=1S/C26H34N4/c1-27-25-28-23-13-7-8-14-24(23)30(25)22-15-19-29(20-16-22)26(17-9-2-3-10-18-26)21-11-5-4-6-12-21/h4-8,11-14,22H,2-3,9-10,15-20H2,1H3,(H,27,28). The summed E-state index contributed by atoms with van der Waals surface area (Å²) >= 11 is 0. The Labute approximate surface area is 180 Å². The summed E-state index contributed by atoms with van der Waals surface area (Å²) in [6.07, 6.45) is 10.5. The van der Waals surface area contributed by atoms with E-state index in [-0.39, 0.29) is 5.54 Å². The maximum Gasteiger partial charge on any atom is 0.203 e. The molecule has 2 aromatic carbocycles. The number of nitrogens with one attached hydrogen (secondary N) is 1. The molecule has 1 N–H and O–H groups in total. The molecule has 1 aliphatic heterocycles. The molecule has 3 aromatic rings. The number of hydrogen-bond donors (Lipinski definition) is 1. The van der Waals surface area contributed by atoms with Gasteiger partial charge in [0, 0.05) is 31.7 Å². The first-order chi connectivity index (χ1) is 14.8. The lowest BCUT2D eigenvalue weighted by Crippen LogP contribution is -2.50. The number of para-hydroxylation sites is 2. The number of rotatable bonds is 4. The second kappa shape index (κ2) is 8.43. The number of piperidine rings is 1. The van der Waals surface area contributed by atoms with Gasteiger partial charge in [0.1, 0.15) is 0 Å². The molecule has 4 nitrogen and oxygen atoms in total. The van der Waals surface area contributed by atoms with Crippen LogP contribution in [0.4, 0.5) is 5.95 Å². The van der Waals surface area contributed by atoms with E-state index in [9.17, 15) is 0 Å². The van der Waals surface area contributed by atoms with Gasteiger partial charge < -0.3 is 9.88 Å². The first-order valence-corrected chi connectivity index (χ1v) is 11.8. The maximum absolute atomic E-state index is 4.83. The highest BCUT2D eigenvalue weighted by molar-refractivity contribution is 5.78. The Kier molecular flexibility index (Phi) is 5.51. The van der Waals surface area contributed by atoms with Crippen LogP contribution in [0.25, 0.3) is 11.0 Å². The van der Waals surface area contributed by atoms with Gasteiger partial charge in [0.2, 0.25) is 5.95 Å². The summed E-state index contributed by atoms with van der Waals surface area (Å²) in [6, 6.07) is 20.4. The van der Waals surface area contributed by atoms with Crippen molar-refractivity contribution in [3.05, 3.63) is 60.2 Å². The van der Waals surface area contributed by atoms with Gasteiger partial charge in [-0.25, -0.2) is 4.98 Å². The Bertz CT molecular complexity index is 961. The van der Waals surface area contributed by atoms with Crippen LogP contribution in [0.5, 0.6) is 0 Å². The molecule has 0 unspecified atom stereocenters. The predicted octanol–water partition coefficient (Wildman–Crippen LogP) is 5.96. The zero-order valence-electron chi connectivity index (χ0n) is 18.2. The number of anilines is 1. The smallest absolute Gasteiger partial charge is 0.203 e. The van der Waals surface area contributed by atoms with Gasteiger partial charge in [0.15, 0.2) is 0 Å². The predicted molar refractivity (Wildman–Crippen MR) is 125 cm³/mol. The minimum absolute atomic E-state index is 0.228. The second-order valence-electron chi connectivity index (χ2n) is 9.07. The number of hydrogen-bond acceptors (Lipinski definition) is 3. The number of nitrogens with zero attached hydrogens (tertiary/aromatic N) is 3. The van der Waals surface area contributed by atoms with Crippen LogP contribution in [0.2, 0.25) is 0 Å². The average Bonchev–Trinajstić information content (AvgIpc) is 3.00. The lowest BCUT2D eigenvalue weighted by Gasteiger charge is -2.48. The van der Waals surface area contributed by atoms with Crippen LogP contribution < -0.4 is 5.32 Å². The average molecular weight is 403 g/mol. The highest BCUT2D eigenvalue weighted by Crippen LogP contribution is 2.44. The minimum Gasteiger partial charge on any atom is -0.359 e. The molecule has 5 rings (SSSR count). The molecule has 158 valence electrons. The van der Waals surface area contributed by atoms with Gasteiger partial charge in [0.25, 0.3) is 0 Å². The van der Waals surface area contributed by atoms with E-state index in [0.29, 0.717) is 6.04 Å². The molecule has 0 amide bonds. The molecule has 2 aliphatic rings. The van der Waals surface area contributed by atoms with Crippen molar-refractivity contribution in [1.82, 2.24) is 14.5 Å². The molecular weight excluding hydrogens is 368 g/mol. The Morgan fingerprint density at radius 2 is 1.53 bits per heavy atom. The van der Waals surface area contributed by atoms with Crippen LogP contribution >= 0.6 is 0 Å². The fourth-order valence-corrected chi connectivity index (χ4v) is 5.99. The number of likely N-dealkylation sites (tertiary alicyclic amines) is 1. The van der Waals surface area contributed by atoms with E-state index in [1.165, 1.54) is 62.4 Å². The van der Waals surface area contributed by atoms with Crippen LogP contribution in [0.15, 0.2) is 54.6 Å². The summed E-state index contributed by atoms with van der Waals surface area (Å²) in [5.74, 6) is 1.00. The fourth-order valence-electron chi connectivity index (χ4n) is 5.99. The summed E-state index contributed by atoms with van der Waals surface area (Å²) in [4.78, 5) is 7.66. The molecular formula is C26H34N4. The van der Waals surface area contributed by atoms with Crippen molar-refractivity contribution in [1.29, 1.82) is 0 Å². The van der Waals surface area contributed by atoms with E-state index in [4.69, 9.17) is 4.98 Å². The summed E-state index contributed by atoms with van der Waals surface area (Å²) in [7, 11) is 1.99. The summed E-state index contributed by atoms with van der Waals surface area (Å²) < 4.78 is 2.45. The van der Waals surface area contributed by atoms with Gasteiger partial charge in [-0.05, 0) is 43.4 Å². The minimum atomic E-state index is 0.228. The molecule has 1 saturated heterocycles. The Balaban J connectivity index is 1.42. The molecule has 1 aliphatic carbocycles. The number of benzene rings is 2. The zero-order chi connectivity index (χ0) is 20.4. The van der Waals surface area contributed by atoms with Crippen molar-refractivity contribution in [2.24, 2.45) is 0 Å². The maximum atomic E-state index is 4.83. The molecule has 2 heterocycles. The van der Waals surface area contributed by atoms with E-state index in [2.05, 4.69) is 69.4 Å². The van der Waals surface area contributed by atoms with E-state index in [1.807, 2.05) is 7.05 Å². The van der Waals surface area contributed by atoms with Crippen molar-refractivity contribution in [3.63, 3.8) is 0 Å². The quantitative estimate of drug-likeness (QED) is 0.546. The van der Waals surface area contributed by atoms with E-state index in [0.717, 1.165) is 24.6 Å². The van der Waals surface area contributed by atoms with Gasteiger partial charge in [0.05, 0.1) is 11.0 Å². The third kappa shape index (κ3) is 3.41. The molecule has 0 spiro atoms. The normalized spacial score (nSPS) is 20.8. The summed E-state index contributed by atoms with van der Waals surface area (Å²) in [6.45, 7) is 2.32. The molecule has 0 atom stereocenters. The van der Waals surface area contributed by atoms with Gasteiger partial charge in [-0.2, -0.15) is 0 Å². The fraction of sp³-hybridized carbons (Fsp3) is 0.500. The van der Waals surface area contributed by atoms with Gasteiger partial charge in [-0.15, -0.1) is 0 Å². The molecule has 30 heavy (non-hydrogen) atoms. The lowest BCUT2D eigenvalue weighted by atomic mass is 9.79. The highest BCUT2D eigenvalue weighted by atomic mass is 15.3. The van der Waals surface area contributed by atoms with E-state index in [1.54, 1.807) is 0 Å². The second-order valence-corrected chi connectivity index (χ2v) is 9.07. The van der Waals surface area contributed by atoms with Gasteiger partial charge in [-0.3, -0.25) is 4.90 Å². The van der Waals surface area contributed by atoms with Crippen molar-refractivity contribution in [2.75, 3.05) is 25.5 Å². The van der Waals surface area contributed by atoms with Crippen LogP contribution in [0.3, 0.4) is 0 Å².